The number of hydrogen-bond acceptors (Lipinski definition) is 4. The molecular formula is C20H23ClN2O2. The topological polar surface area (TPSA) is 33.7 Å². The summed E-state index contributed by atoms with van der Waals surface area (Å²) in [6.07, 6.45) is 2.27. The van der Waals surface area contributed by atoms with Crippen LogP contribution < -0.4 is 15.0 Å². The van der Waals surface area contributed by atoms with E-state index in [-0.39, 0.29) is 6.04 Å². The van der Waals surface area contributed by atoms with Crippen molar-refractivity contribution in [2.45, 2.75) is 24.9 Å². The van der Waals surface area contributed by atoms with Crippen LogP contribution in [0.4, 0.5) is 5.69 Å². The van der Waals surface area contributed by atoms with E-state index in [1.807, 2.05) is 24.3 Å². The zero-order chi connectivity index (χ0) is 17.2. The third kappa shape index (κ3) is 3.22. The van der Waals surface area contributed by atoms with Gasteiger partial charge in [-0.3, -0.25) is 0 Å². The SMILES string of the molecule is COCCN[C@@H]1CCCN2c3cc(Cl)ccc3Oc3ccccc3[C@@H]12. The second kappa shape index (κ2) is 7.24. The molecule has 132 valence electrons. The van der Waals surface area contributed by atoms with Crippen LogP contribution in [0, 0.1) is 0 Å². The Morgan fingerprint density at radius 1 is 1.24 bits per heavy atom. The first-order valence-electron chi connectivity index (χ1n) is 8.83. The standard InChI is InChI=1S/C20H23ClN2O2/c1-24-12-10-22-16-6-4-11-23-17-13-14(21)8-9-19(17)25-18-7-3-2-5-15(18)20(16)23/h2-3,5,7-9,13,16,20,22H,4,6,10-12H2,1H3/t16-,20+/m1/s1. The third-order valence-corrected chi connectivity index (χ3v) is 5.27. The van der Waals surface area contributed by atoms with Gasteiger partial charge in [0.05, 0.1) is 18.3 Å². The van der Waals surface area contributed by atoms with E-state index < -0.39 is 0 Å². The summed E-state index contributed by atoms with van der Waals surface area (Å²) in [6.45, 7) is 2.55. The predicted octanol–water partition coefficient (Wildman–Crippen LogP) is 4.39. The molecule has 1 N–H and O–H groups in total. The molecule has 0 amide bonds. The average Bonchev–Trinajstić information content (AvgIpc) is 2.77. The number of fused-ring (bicyclic) bond motifs is 5. The van der Waals surface area contributed by atoms with Crippen LogP contribution in [0.15, 0.2) is 42.5 Å². The quantitative estimate of drug-likeness (QED) is 0.822. The van der Waals surface area contributed by atoms with Gasteiger partial charge in [0.15, 0.2) is 5.75 Å². The van der Waals surface area contributed by atoms with Crippen molar-refractivity contribution >= 4 is 17.3 Å². The lowest BCUT2D eigenvalue weighted by Gasteiger charge is -2.42. The fraction of sp³-hybridized carbons (Fsp3) is 0.400. The highest BCUT2D eigenvalue weighted by molar-refractivity contribution is 6.31. The third-order valence-electron chi connectivity index (χ3n) is 5.03. The van der Waals surface area contributed by atoms with Gasteiger partial charge in [0.1, 0.15) is 5.75 Å². The maximum atomic E-state index is 6.30. The van der Waals surface area contributed by atoms with Crippen LogP contribution in [-0.4, -0.2) is 32.8 Å². The molecule has 2 aromatic rings. The minimum atomic E-state index is 0.224. The minimum Gasteiger partial charge on any atom is -0.455 e. The van der Waals surface area contributed by atoms with Gasteiger partial charge in [-0.05, 0) is 37.1 Å². The number of halogens is 1. The number of nitrogens with zero attached hydrogens (tertiary/aromatic N) is 1. The van der Waals surface area contributed by atoms with E-state index >= 15 is 0 Å². The van der Waals surface area contributed by atoms with Gasteiger partial charge in [0.25, 0.3) is 0 Å². The molecule has 4 nitrogen and oxygen atoms in total. The Hall–Kier alpha value is -1.75. The van der Waals surface area contributed by atoms with Crippen LogP contribution in [0.1, 0.15) is 24.4 Å². The van der Waals surface area contributed by atoms with Crippen LogP contribution >= 0.6 is 11.6 Å². The molecule has 0 radical (unpaired) electrons. The molecule has 2 aromatic carbocycles. The lowest BCUT2D eigenvalue weighted by Crippen LogP contribution is -2.49. The highest BCUT2D eigenvalue weighted by atomic mass is 35.5. The van der Waals surface area contributed by atoms with Crippen molar-refractivity contribution < 1.29 is 9.47 Å². The van der Waals surface area contributed by atoms with Crippen molar-refractivity contribution in [3.8, 4) is 11.5 Å². The van der Waals surface area contributed by atoms with Gasteiger partial charge in [0, 0.05) is 36.8 Å². The molecule has 0 unspecified atom stereocenters. The predicted molar refractivity (Wildman–Crippen MR) is 101 cm³/mol. The molecule has 2 aliphatic heterocycles. The number of hydrogen-bond donors (Lipinski definition) is 1. The van der Waals surface area contributed by atoms with Crippen LogP contribution in [-0.2, 0) is 4.74 Å². The summed E-state index contributed by atoms with van der Waals surface area (Å²) in [5.74, 6) is 1.80. The van der Waals surface area contributed by atoms with Crippen LogP contribution in [0.5, 0.6) is 11.5 Å². The zero-order valence-corrected chi connectivity index (χ0v) is 15.1. The number of rotatable bonds is 4. The van der Waals surface area contributed by atoms with Gasteiger partial charge in [-0.2, -0.15) is 0 Å². The Morgan fingerprint density at radius 2 is 2.12 bits per heavy atom. The second-order valence-electron chi connectivity index (χ2n) is 6.59. The molecule has 2 heterocycles. The van der Waals surface area contributed by atoms with Crippen molar-refractivity contribution in [2.75, 3.05) is 31.7 Å². The molecule has 2 atom stereocenters. The van der Waals surface area contributed by atoms with Crippen LogP contribution in [0.2, 0.25) is 5.02 Å². The first-order chi connectivity index (χ1) is 12.3. The Balaban J connectivity index is 1.78. The molecule has 1 fully saturated rings. The van der Waals surface area contributed by atoms with E-state index in [2.05, 4.69) is 28.4 Å². The molecule has 0 aromatic heterocycles. The second-order valence-corrected chi connectivity index (χ2v) is 7.02. The van der Waals surface area contributed by atoms with Crippen molar-refractivity contribution in [3.05, 3.63) is 53.1 Å². The Labute approximate surface area is 153 Å². The van der Waals surface area contributed by atoms with E-state index in [4.69, 9.17) is 21.1 Å². The number of nitrogens with one attached hydrogen (secondary N) is 1. The summed E-state index contributed by atoms with van der Waals surface area (Å²) in [5, 5.41) is 4.42. The molecule has 25 heavy (non-hydrogen) atoms. The molecule has 0 saturated carbocycles. The summed E-state index contributed by atoms with van der Waals surface area (Å²) < 4.78 is 11.5. The number of benzene rings is 2. The Bertz CT molecular complexity index is 752. The van der Waals surface area contributed by atoms with Crippen LogP contribution in [0.3, 0.4) is 0 Å². The Kier molecular flexibility index (Phi) is 4.84. The van der Waals surface area contributed by atoms with Gasteiger partial charge in [-0.15, -0.1) is 0 Å². The largest absolute Gasteiger partial charge is 0.455 e. The first kappa shape index (κ1) is 16.7. The molecule has 1 saturated heterocycles. The number of anilines is 1. The summed E-state index contributed by atoms with van der Waals surface area (Å²) in [7, 11) is 1.74. The summed E-state index contributed by atoms with van der Waals surface area (Å²) in [4.78, 5) is 2.45. The highest BCUT2D eigenvalue weighted by Crippen LogP contribution is 2.48. The molecule has 5 heteroatoms. The van der Waals surface area contributed by atoms with Crippen molar-refractivity contribution in [1.29, 1.82) is 0 Å². The molecule has 4 rings (SSSR count). The van der Waals surface area contributed by atoms with Gasteiger partial charge in [-0.25, -0.2) is 0 Å². The average molecular weight is 359 g/mol. The van der Waals surface area contributed by atoms with E-state index in [0.29, 0.717) is 12.6 Å². The number of methoxy groups -OCH3 is 1. The smallest absolute Gasteiger partial charge is 0.150 e. The number of ether oxygens (including phenoxy) is 2. The molecular weight excluding hydrogens is 336 g/mol. The molecule has 0 spiro atoms. The van der Waals surface area contributed by atoms with E-state index in [0.717, 1.165) is 48.1 Å². The van der Waals surface area contributed by atoms with Crippen LogP contribution in [0.25, 0.3) is 0 Å². The maximum absolute atomic E-state index is 6.30. The van der Waals surface area contributed by atoms with Crippen molar-refractivity contribution in [3.63, 3.8) is 0 Å². The lowest BCUT2D eigenvalue weighted by molar-refractivity contribution is 0.190. The van der Waals surface area contributed by atoms with E-state index in [9.17, 15) is 0 Å². The molecule has 0 bridgehead atoms. The fourth-order valence-corrected chi connectivity index (χ4v) is 4.11. The van der Waals surface area contributed by atoms with E-state index in [1.165, 1.54) is 5.56 Å². The van der Waals surface area contributed by atoms with Gasteiger partial charge in [-0.1, -0.05) is 29.8 Å². The summed E-state index contributed by atoms with van der Waals surface area (Å²) in [6, 6.07) is 14.8. The lowest BCUT2D eigenvalue weighted by atomic mass is 9.89. The van der Waals surface area contributed by atoms with E-state index in [1.54, 1.807) is 7.11 Å². The normalized spacial score (nSPS) is 21.6. The van der Waals surface area contributed by atoms with Crippen molar-refractivity contribution in [1.82, 2.24) is 5.32 Å². The minimum absolute atomic E-state index is 0.224. The summed E-state index contributed by atoms with van der Waals surface area (Å²) >= 11 is 6.30. The Morgan fingerprint density at radius 3 is 3.00 bits per heavy atom. The van der Waals surface area contributed by atoms with Gasteiger partial charge in [0.2, 0.25) is 0 Å². The van der Waals surface area contributed by atoms with Gasteiger partial charge >= 0.3 is 0 Å². The highest BCUT2D eigenvalue weighted by Gasteiger charge is 2.37. The van der Waals surface area contributed by atoms with Gasteiger partial charge < -0.3 is 19.7 Å². The fourth-order valence-electron chi connectivity index (χ4n) is 3.95. The maximum Gasteiger partial charge on any atom is 0.150 e. The molecule has 2 aliphatic rings. The summed E-state index contributed by atoms with van der Waals surface area (Å²) in [5.41, 5.74) is 2.30. The van der Waals surface area contributed by atoms with Crippen molar-refractivity contribution in [2.24, 2.45) is 0 Å². The number of piperidine rings is 1. The first-order valence-corrected chi connectivity index (χ1v) is 9.21. The monoisotopic (exact) mass is 358 g/mol. The molecule has 0 aliphatic carbocycles. The zero-order valence-electron chi connectivity index (χ0n) is 14.4. The number of para-hydroxylation sites is 1.